The average molecular weight is 585 g/mol. The number of alkyl carbamates (subject to hydrolysis) is 1. The van der Waals surface area contributed by atoms with Gasteiger partial charge in [0.15, 0.2) is 0 Å². The molecular weight excluding hydrogens is 559 g/mol. The average Bonchev–Trinajstić information content (AvgIpc) is 3.37. The summed E-state index contributed by atoms with van der Waals surface area (Å²) in [6, 6.07) is 3.36. The first kappa shape index (κ1) is 30.8. The molecule has 0 aliphatic carbocycles. The van der Waals surface area contributed by atoms with E-state index in [-0.39, 0.29) is 46.8 Å². The van der Waals surface area contributed by atoms with Crippen LogP contribution >= 0.6 is 23.5 Å². The molecule has 39 heavy (non-hydrogen) atoms. The Kier molecular flexibility index (Phi) is 9.98. The van der Waals surface area contributed by atoms with E-state index in [4.69, 9.17) is 4.74 Å². The Balaban J connectivity index is 0.00000420. The third kappa shape index (κ3) is 7.28. The molecule has 3 amide bonds. The number of phenolic OH excluding ortho intramolecular Hbond substituents is 1. The fraction of sp³-hybridized carbons (Fsp3) is 0.391. The predicted octanol–water partition coefficient (Wildman–Crippen LogP) is -2.72. The number of β-lactam (4-membered cyclic amide) rings is 1. The van der Waals surface area contributed by atoms with E-state index < -0.39 is 46.9 Å². The second-order valence-corrected chi connectivity index (χ2v) is 11.5. The van der Waals surface area contributed by atoms with E-state index in [2.05, 4.69) is 26.0 Å². The molecule has 16 heteroatoms. The van der Waals surface area contributed by atoms with Crippen LogP contribution in [-0.2, 0) is 19.1 Å². The van der Waals surface area contributed by atoms with Gasteiger partial charge in [-0.1, -0.05) is 17.3 Å². The molecule has 2 aliphatic heterocycles. The molecule has 0 bridgehead atoms. The van der Waals surface area contributed by atoms with Gasteiger partial charge in [0, 0.05) is 11.5 Å². The predicted molar refractivity (Wildman–Crippen MR) is 134 cm³/mol. The fourth-order valence-corrected chi connectivity index (χ4v) is 6.11. The number of rotatable bonds is 8. The van der Waals surface area contributed by atoms with Gasteiger partial charge in [-0.3, -0.25) is 19.6 Å². The van der Waals surface area contributed by atoms with Crippen molar-refractivity contribution in [2.24, 2.45) is 0 Å². The zero-order chi connectivity index (χ0) is 27.6. The monoisotopic (exact) mass is 584 g/mol. The fourth-order valence-electron chi connectivity index (χ4n) is 3.83. The van der Waals surface area contributed by atoms with Crippen molar-refractivity contribution < 1.29 is 63.7 Å². The number of hydrogen-bond acceptors (Lipinski definition) is 11. The number of aliphatic carboxylic acids is 1. The van der Waals surface area contributed by atoms with Gasteiger partial charge in [0.2, 0.25) is 5.91 Å². The smallest absolute Gasteiger partial charge is 0.543 e. The Morgan fingerprint density at radius 1 is 1.31 bits per heavy atom. The first-order valence-corrected chi connectivity index (χ1v) is 13.4. The van der Waals surface area contributed by atoms with Crippen molar-refractivity contribution in [3.05, 3.63) is 47.3 Å². The molecular formula is C23H25N6NaO7S2. The number of nitrogens with one attached hydrogen (secondary N) is 3. The maximum atomic E-state index is 13.3. The third-order valence-corrected chi connectivity index (χ3v) is 7.82. The molecule has 2 aromatic rings. The Bertz CT molecular complexity index is 1270. The van der Waals surface area contributed by atoms with E-state index in [1.807, 2.05) is 0 Å². The van der Waals surface area contributed by atoms with Crippen LogP contribution in [0.5, 0.6) is 5.75 Å². The van der Waals surface area contributed by atoms with Gasteiger partial charge in [-0.25, -0.2) is 4.79 Å². The molecule has 1 fully saturated rings. The van der Waals surface area contributed by atoms with Crippen molar-refractivity contribution in [2.45, 2.75) is 48.9 Å². The van der Waals surface area contributed by atoms with Crippen LogP contribution in [0.15, 0.2) is 46.8 Å². The molecule has 4 N–H and O–H groups in total. The first-order valence-electron chi connectivity index (χ1n) is 11.4. The van der Waals surface area contributed by atoms with Gasteiger partial charge in [0.05, 0.1) is 17.9 Å². The number of aromatic nitrogens is 3. The van der Waals surface area contributed by atoms with Crippen molar-refractivity contribution in [3.63, 3.8) is 0 Å². The molecule has 4 rings (SSSR count). The number of phenols is 1. The summed E-state index contributed by atoms with van der Waals surface area (Å²) in [6.45, 7) is 5.02. The van der Waals surface area contributed by atoms with Gasteiger partial charge < -0.3 is 30.4 Å². The molecule has 1 saturated heterocycles. The van der Waals surface area contributed by atoms with Gasteiger partial charge >= 0.3 is 35.7 Å². The van der Waals surface area contributed by atoms with E-state index in [0.717, 1.165) is 4.90 Å². The van der Waals surface area contributed by atoms with Gasteiger partial charge in [-0.2, -0.15) is 0 Å². The summed E-state index contributed by atoms with van der Waals surface area (Å²) in [4.78, 5) is 51.8. The summed E-state index contributed by atoms with van der Waals surface area (Å²) in [6.07, 6.45) is 0.648. The minimum absolute atomic E-state index is 0. The number of carbonyl (C=O) groups is 4. The van der Waals surface area contributed by atoms with Crippen molar-refractivity contribution in [2.75, 3.05) is 11.5 Å². The quantitative estimate of drug-likeness (QED) is 0.143. The largest absolute Gasteiger partial charge is 1.00 e. The van der Waals surface area contributed by atoms with Crippen LogP contribution in [-0.4, -0.2) is 77.8 Å². The van der Waals surface area contributed by atoms with Crippen molar-refractivity contribution in [1.29, 1.82) is 0 Å². The number of fused-ring (bicyclic) bond motifs is 1. The number of benzene rings is 1. The van der Waals surface area contributed by atoms with Gasteiger partial charge in [-0.05, 0) is 44.0 Å². The molecule has 2 aliphatic rings. The number of ether oxygens (including phenoxy) is 1. The molecule has 3 atom stereocenters. The molecule has 0 saturated carbocycles. The summed E-state index contributed by atoms with van der Waals surface area (Å²) in [5, 5.41) is 36.6. The molecule has 1 unspecified atom stereocenters. The van der Waals surface area contributed by atoms with Crippen LogP contribution in [0.25, 0.3) is 0 Å². The second kappa shape index (κ2) is 12.6. The van der Waals surface area contributed by atoms with E-state index in [1.54, 1.807) is 20.8 Å². The SMILES string of the molecule is CC(C)(C)OC(=O)NC(C(=O)N[C@@H]1C(=O)N2C(C(=O)[O-])=C(CSc3cnn[nH]3)CS[C@H]12)c1ccc(O)cc1.[Na+]. The summed E-state index contributed by atoms with van der Waals surface area (Å²) < 4.78 is 5.27. The van der Waals surface area contributed by atoms with E-state index in [0.29, 0.717) is 21.9 Å². The van der Waals surface area contributed by atoms with Crippen LogP contribution in [0.1, 0.15) is 32.4 Å². The number of aromatic hydroxyl groups is 1. The third-order valence-electron chi connectivity index (χ3n) is 5.48. The minimum atomic E-state index is -1.49. The summed E-state index contributed by atoms with van der Waals surface area (Å²) in [5.74, 6) is -2.25. The number of carbonyl (C=O) groups excluding carboxylic acids is 4. The first-order chi connectivity index (χ1) is 17.9. The topological polar surface area (TPSA) is 190 Å². The summed E-state index contributed by atoms with van der Waals surface area (Å²) in [7, 11) is 0. The van der Waals surface area contributed by atoms with Gasteiger partial charge in [0.1, 0.15) is 33.8 Å². The maximum Gasteiger partial charge on any atom is 1.00 e. The summed E-state index contributed by atoms with van der Waals surface area (Å²) in [5.41, 5.74) is -0.196. The zero-order valence-electron chi connectivity index (χ0n) is 21.6. The Morgan fingerprint density at radius 2 is 2.00 bits per heavy atom. The van der Waals surface area contributed by atoms with Crippen molar-refractivity contribution in [1.82, 2.24) is 30.9 Å². The van der Waals surface area contributed by atoms with Gasteiger partial charge in [0.25, 0.3) is 5.91 Å². The number of H-pyrrole nitrogens is 1. The molecule has 13 nitrogen and oxygen atoms in total. The number of carboxylic acids is 1. The van der Waals surface area contributed by atoms with Crippen LogP contribution in [0.2, 0.25) is 0 Å². The Labute approximate surface area is 254 Å². The Hall–Kier alpha value is -2.72. The molecule has 3 heterocycles. The summed E-state index contributed by atoms with van der Waals surface area (Å²) >= 11 is 2.59. The maximum absolute atomic E-state index is 13.3. The number of aromatic amines is 1. The van der Waals surface area contributed by atoms with Crippen molar-refractivity contribution >= 4 is 47.4 Å². The zero-order valence-corrected chi connectivity index (χ0v) is 25.2. The number of amides is 3. The normalized spacial score (nSPS) is 19.3. The molecule has 0 radical (unpaired) electrons. The minimum Gasteiger partial charge on any atom is -0.543 e. The molecule has 0 spiro atoms. The Morgan fingerprint density at radius 3 is 2.59 bits per heavy atom. The molecule has 202 valence electrons. The van der Waals surface area contributed by atoms with Crippen LogP contribution < -0.4 is 45.3 Å². The number of carboxylic acid groups (broad SMARTS) is 1. The van der Waals surface area contributed by atoms with Crippen LogP contribution in [0, 0.1) is 0 Å². The van der Waals surface area contributed by atoms with Gasteiger partial charge in [-0.15, -0.1) is 28.6 Å². The number of nitrogens with zero attached hydrogens (tertiary/aromatic N) is 3. The molecule has 1 aromatic carbocycles. The van der Waals surface area contributed by atoms with Crippen LogP contribution in [0.3, 0.4) is 0 Å². The van der Waals surface area contributed by atoms with E-state index in [9.17, 15) is 29.4 Å². The standard InChI is InChI=1S/C23H26N6O7S2.Na/c1-23(2,3)36-22(35)26-15(11-4-6-13(30)7-5-11)18(31)25-16-19(32)29-17(21(33)34)12(10-38-20(16)29)9-37-14-8-24-28-27-14;/h4-8,15-16,20,30H,9-10H2,1-3H3,(H,25,31)(H,26,35)(H,33,34)(H,24,27,28);/q;+1/p-1/t15?,16-,20-;/m1./s1. The van der Waals surface area contributed by atoms with E-state index >= 15 is 0 Å². The number of hydrogen-bond donors (Lipinski definition) is 4. The molecule has 1 aromatic heterocycles. The van der Waals surface area contributed by atoms with Crippen LogP contribution in [0.4, 0.5) is 4.79 Å². The van der Waals surface area contributed by atoms with Crippen molar-refractivity contribution in [3.8, 4) is 5.75 Å². The number of thioether (sulfide) groups is 2. The van der Waals surface area contributed by atoms with E-state index in [1.165, 1.54) is 54.0 Å². The second-order valence-electron chi connectivity index (χ2n) is 9.42.